The molecule has 0 aromatic heterocycles. The van der Waals surface area contributed by atoms with Gasteiger partial charge in [-0.15, -0.1) is 0 Å². The van der Waals surface area contributed by atoms with Crippen molar-refractivity contribution in [3.05, 3.63) is 29.8 Å². The number of benzene rings is 1. The standard InChI is InChI=1S/C19H31NO/c1-3-14-20-19(16-10-6-5-7-11-16)17-12-8-9-13-18(17)21-15-4-2/h8-9,12-13,16,19-20H,3-7,10-11,14-15H2,1-2H3. The largest absolute Gasteiger partial charge is 0.493 e. The van der Waals surface area contributed by atoms with Gasteiger partial charge in [-0.2, -0.15) is 0 Å². The molecule has 1 atom stereocenters. The molecule has 0 heterocycles. The highest BCUT2D eigenvalue weighted by molar-refractivity contribution is 5.36. The molecule has 2 heteroatoms. The van der Waals surface area contributed by atoms with Gasteiger partial charge in [0.15, 0.2) is 0 Å². The quantitative estimate of drug-likeness (QED) is 0.719. The Hall–Kier alpha value is -1.02. The van der Waals surface area contributed by atoms with E-state index in [2.05, 4.69) is 43.4 Å². The third kappa shape index (κ3) is 4.74. The summed E-state index contributed by atoms with van der Waals surface area (Å²) in [6.07, 6.45) is 9.11. The lowest BCUT2D eigenvalue weighted by atomic mass is 9.81. The van der Waals surface area contributed by atoms with Crippen molar-refractivity contribution in [2.45, 2.75) is 64.8 Å². The van der Waals surface area contributed by atoms with Crippen LogP contribution in [0, 0.1) is 5.92 Å². The van der Waals surface area contributed by atoms with E-state index in [0.717, 1.165) is 31.2 Å². The molecule has 0 bridgehead atoms. The van der Waals surface area contributed by atoms with Crippen LogP contribution in [-0.4, -0.2) is 13.2 Å². The van der Waals surface area contributed by atoms with Gasteiger partial charge in [0.05, 0.1) is 6.61 Å². The zero-order chi connectivity index (χ0) is 14.9. The molecule has 1 aromatic carbocycles. The maximum Gasteiger partial charge on any atom is 0.124 e. The van der Waals surface area contributed by atoms with Crippen molar-refractivity contribution < 1.29 is 4.74 Å². The minimum absolute atomic E-state index is 0.457. The van der Waals surface area contributed by atoms with Crippen LogP contribution >= 0.6 is 0 Å². The summed E-state index contributed by atoms with van der Waals surface area (Å²) < 4.78 is 6.00. The van der Waals surface area contributed by atoms with E-state index < -0.39 is 0 Å². The summed E-state index contributed by atoms with van der Waals surface area (Å²) in [4.78, 5) is 0. The Morgan fingerprint density at radius 2 is 1.86 bits per heavy atom. The second kappa shape index (κ2) is 9.09. The van der Waals surface area contributed by atoms with Crippen LogP contribution in [0.3, 0.4) is 0 Å². The molecule has 0 saturated heterocycles. The molecule has 0 radical (unpaired) electrons. The number of rotatable bonds is 8. The summed E-state index contributed by atoms with van der Waals surface area (Å²) in [5.74, 6) is 1.84. The lowest BCUT2D eigenvalue weighted by Crippen LogP contribution is -2.30. The van der Waals surface area contributed by atoms with Crippen LogP contribution in [0.25, 0.3) is 0 Å². The molecule has 0 amide bonds. The smallest absolute Gasteiger partial charge is 0.124 e. The number of para-hydroxylation sites is 1. The van der Waals surface area contributed by atoms with Crippen LogP contribution < -0.4 is 10.1 Å². The van der Waals surface area contributed by atoms with E-state index in [1.165, 1.54) is 44.1 Å². The number of hydrogen-bond donors (Lipinski definition) is 1. The summed E-state index contributed by atoms with van der Waals surface area (Å²) in [5.41, 5.74) is 1.37. The Morgan fingerprint density at radius 3 is 2.57 bits per heavy atom. The molecule has 1 unspecified atom stereocenters. The van der Waals surface area contributed by atoms with Crippen LogP contribution in [0.1, 0.15) is 70.4 Å². The highest BCUT2D eigenvalue weighted by Crippen LogP contribution is 2.38. The van der Waals surface area contributed by atoms with E-state index in [4.69, 9.17) is 4.74 Å². The second-order valence-corrected chi connectivity index (χ2v) is 6.22. The first kappa shape index (κ1) is 16.4. The first-order chi connectivity index (χ1) is 10.4. The lowest BCUT2D eigenvalue weighted by molar-refractivity contribution is 0.258. The van der Waals surface area contributed by atoms with Crippen LogP contribution in [0.5, 0.6) is 5.75 Å². The van der Waals surface area contributed by atoms with Crippen molar-refractivity contribution in [3.63, 3.8) is 0 Å². The van der Waals surface area contributed by atoms with Gasteiger partial charge in [-0.1, -0.05) is 51.3 Å². The summed E-state index contributed by atoms with van der Waals surface area (Å²) in [7, 11) is 0. The fraction of sp³-hybridized carbons (Fsp3) is 0.684. The van der Waals surface area contributed by atoms with Gasteiger partial charge in [-0.25, -0.2) is 0 Å². The molecule has 0 aliphatic heterocycles. The van der Waals surface area contributed by atoms with Gasteiger partial charge in [0.2, 0.25) is 0 Å². The van der Waals surface area contributed by atoms with Gasteiger partial charge in [0.1, 0.15) is 5.75 Å². The van der Waals surface area contributed by atoms with Crippen molar-refractivity contribution in [2.24, 2.45) is 5.92 Å². The predicted molar refractivity (Wildman–Crippen MR) is 89.8 cm³/mol. The molecule has 1 aliphatic rings. The molecular formula is C19H31NO. The molecule has 21 heavy (non-hydrogen) atoms. The molecule has 1 N–H and O–H groups in total. The summed E-state index contributed by atoms with van der Waals surface area (Å²) in [6, 6.07) is 9.09. The van der Waals surface area contributed by atoms with Crippen molar-refractivity contribution in [1.29, 1.82) is 0 Å². The van der Waals surface area contributed by atoms with E-state index in [9.17, 15) is 0 Å². The van der Waals surface area contributed by atoms with Crippen molar-refractivity contribution in [2.75, 3.05) is 13.2 Å². The summed E-state index contributed by atoms with van der Waals surface area (Å²) in [6.45, 7) is 6.30. The maximum absolute atomic E-state index is 6.00. The van der Waals surface area contributed by atoms with E-state index in [0.29, 0.717) is 6.04 Å². The topological polar surface area (TPSA) is 21.3 Å². The van der Waals surface area contributed by atoms with E-state index in [1.54, 1.807) is 0 Å². The zero-order valence-corrected chi connectivity index (χ0v) is 13.7. The SMILES string of the molecule is CCCNC(c1ccccc1OCCC)C1CCCCC1. The van der Waals surface area contributed by atoms with Crippen LogP contribution in [0.4, 0.5) is 0 Å². The van der Waals surface area contributed by atoms with Gasteiger partial charge >= 0.3 is 0 Å². The monoisotopic (exact) mass is 289 g/mol. The Balaban J connectivity index is 2.18. The molecule has 1 fully saturated rings. The third-order valence-corrected chi connectivity index (χ3v) is 4.45. The van der Waals surface area contributed by atoms with E-state index >= 15 is 0 Å². The molecule has 2 rings (SSSR count). The zero-order valence-electron chi connectivity index (χ0n) is 13.7. The lowest BCUT2D eigenvalue weighted by Gasteiger charge is -2.32. The highest BCUT2D eigenvalue weighted by Gasteiger charge is 2.26. The molecular weight excluding hydrogens is 258 g/mol. The number of ether oxygens (including phenoxy) is 1. The van der Waals surface area contributed by atoms with Gasteiger partial charge in [-0.3, -0.25) is 0 Å². The van der Waals surface area contributed by atoms with E-state index in [-0.39, 0.29) is 0 Å². The van der Waals surface area contributed by atoms with Gasteiger partial charge in [0, 0.05) is 11.6 Å². The average Bonchev–Trinajstić information content (AvgIpc) is 2.55. The van der Waals surface area contributed by atoms with Crippen molar-refractivity contribution in [1.82, 2.24) is 5.32 Å². The Kier molecular flexibility index (Phi) is 7.08. The summed E-state index contributed by atoms with van der Waals surface area (Å²) >= 11 is 0. The van der Waals surface area contributed by atoms with E-state index in [1.807, 2.05) is 0 Å². The molecule has 1 aromatic rings. The Bertz CT molecular complexity index is 398. The van der Waals surface area contributed by atoms with Crippen molar-refractivity contribution >= 4 is 0 Å². The molecule has 1 saturated carbocycles. The average molecular weight is 289 g/mol. The predicted octanol–water partition coefficient (Wildman–Crippen LogP) is 5.10. The first-order valence-electron chi connectivity index (χ1n) is 8.82. The molecule has 0 spiro atoms. The van der Waals surface area contributed by atoms with Crippen LogP contribution in [0.2, 0.25) is 0 Å². The molecule has 118 valence electrons. The van der Waals surface area contributed by atoms with Gasteiger partial charge in [-0.05, 0) is 44.2 Å². The van der Waals surface area contributed by atoms with Crippen LogP contribution in [0.15, 0.2) is 24.3 Å². The fourth-order valence-electron chi connectivity index (χ4n) is 3.38. The normalized spacial score (nSPS) is 17.6. The number of hydrogen-bond acceptors (Lipinski definition) is 2. The number of nitrogens with one attached hydrogen (secondary N) is 1. The minimum atomic E-state index is 0.457. The van der Waals surface area contributed by atoms with Gasteiger partial charge in [0.25, 0.3) is 0 Å². The maximum atomic E-state index is 6.00. The van der Waals surface area contributed by atoms with Gasteiger partial charge < -0.3 is 10.1 Å². The first-order valence-corrected chi connectivity index (χ1v) is 8.82. The Labute approximate surface area is 130 Å². The Morgan fingerprint density at radius 1 is 1.10 bits per heavy atom. The van der Waals surface area contributed by atoms with Crippen LogP contribution in [-0.2, 0) is 0 Å². The second-order valence-electron chi connectivity index (χ2n) is 6.22. The third-order valence-electron chi connectivity index (χ3n) is 4.45. The fourth-order valence-corrected chi connectivity index (χ4v) is 3.38. The molecule has 1 aliphatic carbocycles. The minimum Gasteiger partial charge on any atom is -0.493 e. The van der Waals surface area contributed by atoms with Crippen molar-refractivity contribution in [3.8, 4) is 5.75 Å². The highest BCUT2D eigenvalue weighted by atomic mass is 16.5. The summed E-state index contributed by atoms with van der Waals surface area (Å²) in [5, 5.41) is 3.79. The molecule has 2 nitrogen and oxygen atoms in total.